The summed E-state index contributed by atoms with van der Waals surface area (Å²) in [5.74, 6) is 1.01. The molecule has 1 unspecified atom stereocenters. The lowest BCUT2D eigenvalue weighted by Crippen LogP contribution is -2.44. The number of rotatable bonds is 7. The van der Waals surface area contributed by atoms with Gasteiger partial charge in [-0.15, -0.1) is 0 Å². The average Bonchev–Trinajstić information content (AvgIpc) is 3.08. The second kappa shape index (κ2) is 9.41. The highest BCUT2D eigenvalue weighted by atomic mass is 16.5. The maximum Gasteiger partial charge on any atom is 0.228 e. The number of hydrogen-bond donors (Lipinski definition) is 0. The van der Waals surface area contributed by atoms with Crippen molar-refractivity contribution in [1.82, 2.24) is 4.90 Å². The molecule has 6 heteroatoms. The van der Waals surface area contributed by atoms with E-state index in [4.69, 9.17) is 9.47 Å². The zero-order valence-electron chi connectivity index (χ0n) is 17.2. The number of benzene rings is 1. The molecule has 2 amide bonds. The molecule has 0 radical (unpaired) electrons. The van der Waals surface area contributed by atoms with Gasteiger partial charge in [0.1, 0.15) is 5.75 Å². The largest absolute Gasteiger partial charge is 0.492 e. The van der Waals surface area contributed by atoms with Crippen LogP contribution >= 0.6 is 0 Å². The van der Waals surface area contributed by atoms with Crippen molar-refractivity contribution < 1.29 is 19.1 Å². The summed E-state index contributed by atoms with van der Waals surface area (Å²) in [5.41, 5.74) is 0.755. The zero-order valence-corrected chi connectivity index (χ0v) is 17.2. The molecule has 28 heavy (non-hydrogen) atoms. The number of anilines is 1. The van der Waals surface area contributed by atoms with Crippen LogP contribution in [-0.4, -0.2) is 55.7 Å². The van der Waals surface area contributed by atoms with Crippen LogP contribution in [0.3, 0.4) is 0 Å². The number of para-hydroxylation sites is 2. The number of ether oxygens (including phenoxy) is 2. The maximum atomic E-state index is 13.0. The molecule has 3 rings (SSSR count). The van der Waals surface area contributed by atoms with Gasteiger partial charge in [-0.2, -0.15) is 0 Å². The van der Waals surface area contributed by atoms with E-state index in [0.29, 0.717) is 37.9 Å². The molecule has 0 bridgehead atoms. The van der Waals surface area contributed by atoms with Crippen molar-refractivity contribution in [2.75, 3.05) is 37.7 Å². The number of nitrogens with zero attached hydrogens (tertiary/aromatic N) is 2. The molecule has 1 atom stereocenters. The highest BCUT2D eigenvalue weighted by molar-refractivity contribution is 6.01. The molecule has 0 aromatic heterocycles. The molecule has 1 aromatic rings. The summed E-state index contributed by atoms with van der Waals surface area (Å²) < 4.78 is 11.6. The molecule has 2 aliphatic heterocycles. The van der Waals surface area contributed by atoms with Crippen molar-refractivity contribution in [1.29, 1.82) is 0 Å². The predicted molar refractivity (Wildman–Crippen MR) is 108 cm³/mol. The van der Waals surface area contributed by atoms with Gasteiger partial charge < -0.3 is 19.3 Å². The Bertz CT molecular complexity index is 683. The zero-order chi connectivity index (χ0) is 20.1. The molecule has 0 aliphatic carbocycles. The van der Waals surface area contributed by atoms with Gasteiger partial charge in [-0.25, -0.2) is 0 Å². The van der Waals surface area contributed by atoms with Crippen LogP contribution < -0.4 is 9.64 Å². The van der Waals surface area contributed by atoms with Gasteiger partial charge in [0.2, 0.25) is 11.8 Å². The number of likely N-dealkylation sites (tertiary alicyclic amines) is 1. The number of piperidine rings is 1. The smallest absolute Gasteiger partial charge is 0.228 e. The van der Waals surface area contributed by atoms with E-state index in [2.05, 4.69) is 13.8 Å². The quantitative estimate of drug-likeness (QED) is 0.720. The second-order valence-corrected chi connectivity index (χ2v) is 8.06. The second-order valence-electron chi connectivity index (χ2n) is 8.06. The summed E-state index contributed by atoms with van der Waals surface area (Å²) in [7, 11) is 0. The van der Waals surface area contributed by atoms with E-state index in [-0.39, 0.29) is 30.3 Å². The fourth-order valence-electron chi connectivity index (χ4n) is 3.89. The monoisotopic (exact) mass is 388 g/mol. The summed E-state index contributed by atoms with van der Waals surface area (Å²) in [6.07, 6.45) is 2.25. The Balaban J connectivity index is 1.58. The SMILES string of the molecule is CCOc1ccccc1N1CC(C(=O)N2CCC(OCC(C)C)CC2)CC1=O. The van der Waals surface area contributed by atoms with Crippen molar-refractivity contribution in [3.05, 3.63) is 24.3 Å². The van der Waals surface area contributed by atoms with Gasteiger partial charge >= 0.3 is 0 Å². The summed E-state index contributed by atoms with van der Waals surface area (Å²) >= 11 is 0. The molecule has 0 saturated carbocycles. The number of carbonyl (C=O) groups is 2. The molecule has 0 spiro atoms. The number of hydrogen-bond acceptors (Lipinski definition) is 4. The topological polar surface area (TPSA) is 59.1 Å². The van der Waals surface area contributed by atoms with E-state index in [9.17, 15) is 9.59 Å². The summed E-state index contributed by atoms with van der Waals surface area (Å²) in [6.45, 7) is 9.36. The van der Waals surface area contributed by atoms with Crippen molar-refractivity contribution in [3.8, 4) is 5.75 Å². The molecule has 2 heterocycles. The predicted octanol–water partition coefficient (Wildman–Crippen LogP) is 3.10. The van der Waals surface area contributed by atoms with Gasteiger partial charge in [-0.3, -0.25) is 9.59 Å². The maximum absolute atomic E-state index is 13.0. The van der Waals surface area contributed by atoms with E-state index in [1.807, 2.05) is 36.1 Å². The Hall–Kier alpha value is -2.08. The highest BCUT2D eigenvalue weighted by Gasteiger charge is 2.39. The van der Waals surface area contributed by atoms with E-state index >= 15 is 0 Å². The lowest BCUT2D eigenvalue weighted by atomic mass is 10.0. The first-order valence-electron chi connectivity index (χ1n) is 10.4. The molecule has 6 nitrogen and oxygen atoms in total. The Morgan fingerprint density at radius 2 is 1.93 bits per heavy atom. The Morgan fingerprint density at radius 3 is 2.61 bits per heavy atom. The molecular formula is C22H32N2O4. The molecule has 2 fully saturated rings. The van der Waals surface area contributed by atoms with Gasteiger partial charge in [0.05, 0.1) is 24.3 Å². The fourth-order valence-corrected chi connectivity index (χ4v) is 3.89. The Morgan fingerprint density at radius 1 is 1.21 bits per heavy atom. The van der Waals surface area contributed by atoms with Gasteiger partial charge in [-0.05, 0) is 37.8 Å². The van der Waals surface area contributed by atoms with Crippen LogP contribution in [0.5, 0.6) is 5.75 Å². The van der Waals surface area contributed by atoms with Crippen molar-refractivity contribution >= 4 is 17.5 Å². The van der Waals surface area contributed by atoms with Crippen molar-refractivity contribution in [3.63, 3.8) is 0 Å². The first kappa shape index (κ1) is 20.6. The lowest BCUT2D eigenvalue weighted by Gasteiger charge is -2.33. The van der Waals surface area contributed by atoms with Crippen molar-refractivity contribution in [2.45, 2.75) is 46.1 Å². The molecule has 0 N–H and O–H groups in total. The normalized spacial score (nSPS) is 20.9. The third-order valence-corrected chi connectivity index (χ3v) is 5.35. The van der Waals surface area contributed by atoms with Crippen LogP contribution in [-0.2, 0) is 14.3 Å². The van der Waals surface area contributed by atoms with Crippen LogP contribution in [0, 0.1) is 11.8 Å². The standard InChI is InChI=1S/C22H32N2O4/c1-4-27-20-8-6-5-7-19(20)24-14-17(13-21(24)25)22(26)23-11-9-18(10-12-23)28-15-16(2)3/h5-8,16-18H,4,9-15H2,1-3H3. The van der Waals surface area contributed by atoms with Crippen LogP contribution in [0.15, 0.2) is 24.3 Å². The molecule has 154 valence electrons. The summed E-state index contributed by atoms with van der Waals surface area (Å²) in [4.78, 5) is 29.2. The Kier molecular flexibility index (Phi) is 6.94. The minimum absolute atomic E-state index is 0.0133. The third kappa shape index (κ3) is 4.85. The van der Waals surface area contributed by atoms with Gasteiger partial charge in [0, 0.05) is 32.7 Å². The van der Waals surface area contributed by atoms with Crippen LogP contribution in [0.25, 0.3) is 0 Å². The number of amides is 2. The average molecular weight is 389 g/mol. The molecular weight excluding hydrogens is 356 g/mol. The lowest BCUT2D eigenvalue weighted by molar-refractivity contribution is -0.138. The molecule has 2 aliphatic rings. The van der Waals surface area contributed by atoms with E-state index < -0.39 is 0 Å². The summed E-state index contributed by atoms with van der Waals surface area (Å²) in [5, 5.41) is 0. The minimum Gasteiger partial charge on any atom is -0.492 e. The first-order valence-corrected chi connectivity index (χ1v) is 10.4. The molecule has 1 aromatic carbocycles. The van der Waals surface area contributed by atoms with E-state index in [1.54, 1.807) is 4.90 Å². The Labute approximate surface area is 167 Å². The van der Waals surface area contributed by atoms with Crippen molar-refractivity contribution in [2.24, 2.45) is 11.8 Å². The van der Waals surface area contributed by atoms with Gasteiger partial charge in [0.25, 0.3) is 0 Å². The van der Waals surface area contributed by atoms with E-state index in [0.717, 1.165) is 25.1 Å². The third-order valence-electron chi connectivity index (χ3n) is 5.35. The van der Waals surface area contributed by atoms with Crippen LogP contribution in [0.4, 0.5) is 5.69 Å². The molecule has 2 saturated heterocycles. The van der Waals surface area contributed by atoms with Gasteiger partial charge in [0.15, 0.2) is 0 Å². The van der Waals surface area contributed by atoms with Crippen LogP contribution in [0.1, 0.15) is 40.0 Å². The van der Waals surface area contributed by atoms with Crippen LogP contribution in [0.2, 0.25) is 0 Å². The van der Waals surface area contributed by atoms with E-state index in [1.165, 1.54) is 0 Å². The first-order chi connectivity index (χ1) is 13.5. The summed E-state index contributed by atoms with van der Waals surface area (Å²) in [6, 6.07) is 7.53. The van der Waals surface area contributed by atoms with Gasteiger partial charge in [-0.1, -0.05) is 26.0 Å². The number of carbonyl (C=O) groups excluding carboxylic acids is 2. The highest BCUT2D eigenvalue weighted by Crippen LogP contribution is 2.34. The minimum atomic E-state index is -0.282. The fraction of sp³-hybridized carbons (Fsp3) is 0.636.